The number of nitrogens with zero attached hydrogens (tertiary/aromatic N) is 2. The molecular formula is C31H37N6O4S2+. The fraction of sp³-hybridized carbons (Fsp3) is 0.290. The van der Waals surface area contributed by atoms with Crippen molar-refractivity contribution >= 4 is 38.8 Å². The van der Waals surface area contributed by atoms with Crippen molar-refractivity contribution in [2.75, 3.05) is 11.6 Å². The van der Waals surface area contributed by atoms with E-state index in [9.17, 15) is 18.3 Å². The van der Waals surface area contributed by atoms with Crippen molar-refractivity contribution in [3.63, 3.8) is 0 Å². The molecule has 226 valence electrons. The highest BCUT2D eigenvalue weighted by Crippen LogP contribution is 2.41. The van der Waals surface area contributed by atoms with Gasteiger partial charge in [0.1, 0.15) is 21.2 Å². The smallest absolute Gasteiger partial charge is 0.263 e. The van der Waals surface area contributed by atoms with Gasteiger partial charge in [0.2, 0.25) is 10.0 Å². The summed E-state index contributed by atoms with van der Waals surface area (Å²) in [5.74, 6) is -0.795. The van der Waals surface area contributed by atoms with Crippen LogP contribution in [-0.2, 0) is 16.6 Å². The van der Waals surface area contributed by atoms with Crippen LogP contribution in [0, 0.1) is 13.8 Å². The lowest BCUT2D eigenvalue weighted by molar-refractivity contribution is -0.626. The first-order valence-electron chi connectivity index (χ1n) is 14.0. The fourth-order valence-corrected chi connectivity index (χ4v) is 7.27. The Labute approximate surface area is 256 Å². The van der Waals surface area contributed by atoms with Crippen molar-refractivity contribution in [3.05, 3.63) is 99.6 Å². The van der Waals surface area contributed by atoms with Gasteiger partial charge in [0.15, 0.2) is 5.69 Å². The van der Waals surface area contributed by atoms with Crippen molar-refractivity contribution in [1.29, 1.82) is 0 Å². The monoisotopic (exact) mass is 621 g/mol. The molecule has 1 atom stereocenters. The molecule has 5 rings (SSSR count). The van der Waals surface area contributed by atoms with E-state index in [1.54, 1.807) is 24.4 Å². The molecule has 43 heavy (non-hydrogen) atoms. The SMILES string of the molecule is CCN1N[NH2+]c2c1ccc([C@H](c1ccc(C)c(CNS(=O)(=O)c3ccccc3O)c1)C(C)(C)NC(=O)c1ccns1)c2C. The Bertz CT molecular complexity index is 1760. The Hall–Kier alpha value is -3.81. The highest BCUT2D eigenvalue weighted by Gasteiger charge is 2.38. The number of aromatic hydroxyl groups is 1. The summed E-state index contributed by atoms with van der Waals surface area (Å²) < 4.78 is 32.8. The van der Waals surface area contributed by atoms with E-state index in [-0.39, 0.29) is 29.0 Å². The summed E-state index contributed by atoms with van der Waals surface area (Å²) in [6.45, 7) is 11.0. The van der Waals surface area contributed by atoms with Gasteiger partial charge < -0.3 is 10.4 Å². The first-order chi connectivity index (χ1) is 20.4. The summed E-state index contributed by atoms with van der Waals surface area (Å²) in [5.41, 5.74) is 11.5. The molecule has 0 unspecified atom stereocenters. The summed E-state index contributed by atoms with van der Waals surface area (Å²) >= 11 is 1.15. The van der Waals surface area contributed by atoms with E-state index in [4.69, 9.17) is 0 Å². The molecule has 0 saturated heterocycles. The molecule has 0 spiro atoms. The number of nitrogens with two attached hydrogens (primary N) is 1. The van der Waals surface area contributed by atoms with E-state index in [0.29, 0.717) is 4.88 Å². The molecule has 1 aliphatic rings. The van der Waals surface area contributed by atoms with Crippen molar-refractivity contribution in [3.8, 4) is 5.75 Å². The molecule has 2 heterocycles. The number of carbonyl (C=O) groups excluding carboxylic acids is 1. The average Bonchev–Trinajstić information content (AvgIpc) is 3.65. The van der Waals surface area contributed by atoms with E-state index >= 15 is 0 Å². The van der Waals surface area contributed by atoms with Gasteiger partial charge in [-0.15, -0.1) is 0 Å². The number of anilines is 1. The topological polar surface area (TPSA) is 140 Å². The third-order valence-corrected chi connectivity index (χ3v) is 10.1. The molecule has 12 heteroatoms. The van der Waals surface area contributed by atoms with Gasteiger partial charge in [0.05, 0.1) is 0 Å². The third-order valence-electron chi connectivity index (χ3n) is 7.95. The van der Waals surface area contributed by atoms with Crippen molar-refractivity contribution in [1.82, 2.24) is 19.9 Å². The van der Waals surface area contributed by atoms with E-state index < -0.39 is 15.6 Å². The minimum Gasteiger partial charge on any atom is -0.507 e. The number of phenolic OH excluding ortho intramolecular Hbond substituents is 1. The third kappa shape index (κ3) is 6.15. The number of fused-ring (bicyclic) bond motifs is 1. The molecule has 0 bridgehead atoms. The van der Waals surface area contributed by atoms with Crippen LogP contribution in [0.2, 0.25) is 0 Å². The van der Waals surface area contributed by atoms with Crippen LogP contribution in [0.25, 0.3) is 0 Å². The number of phenols is 1. The van der Waals surface area contributed by atoms with Gasteiger partial charge in [-0.05, 0) is 92.7 Å². The predicted octanol–water partition coefficient (Wildman–Crippen LogP) is 3.74. The van der Waals surface area contributed by atoms with Crippen LogP contribution in [0.3, 0.4) is 0 Å². The number of para-hydroxylation sites is 1. The van der Waals surface area contributed by atoms with E-state index in [0.717, 1.165) is 57.3 Å². The maximum atomic E-state index is 13.3. The fourth-order valence-electron chi connectivity index (χ4n) is 5.68. The van der Waals surface area contributed by atoms with Crippen LogP contribution in [0.15, 0.2) is 71.8 Å². The van der Waals surface area contributed by atoms with Crippen LogP contribution in [0.5, 0.6) is 5.75 Å². The Morgan fingerprint density at radius 3 is 2.60 bits per heavy atom. The quantitative estimate of drug-likeness (QED) is 0.134. The average molecular weight is 622 g/mol. The summed E-state index contributed by atoms with van der Waals surface area (Å²) in [6.07, 6.45) is 1.61. The minimum atomic E-state index is -3.96. The van der Waals surface area contributed by atoms with Crippen molar-refractivity contribution < 1.29 is 23.7 Å². The summed E-state index contributed by atoms with van der Waals surface area (Å²) in [6, 6.07) is 17.8. The van der Waals surface area contributed by atoms with Crippen LogP contribution >= 0.6 is 11.5 Å². The first-order valence-corrected chi connectivity index (χ1v) is 16.3. The summed E-state index contributed by atoms with van der Waals surface area (Å²) in [4.78, 5) is 13.6. The highest BCUT2D eigenvalue weighted by molar-refractivity contribution is 7.89. The number of aryl methyl sites for hydroxylation is 1. The highest BCUT2D eigenvalue weighted by atomic mass is 32.2. The zero-order chi connectivity index (χ0) is 30.9. The molecule has 0 aliphatic carbocycles. The number of hydrazine groups is 1. The number of benzene rings is 3. The number of hydrogen-bond donors (Lipinski definition) is 5. The first kappa shape index (κ1) is 30.6. The maximum Gasteiger partial charge on any atom is 0.263 e. The van der Waals surface area contributed by atoms with Gasteiger partial charge in [0, 0.05) is 36.3 Å². The standard InChI is InChI=1S/C31H36N6O4S2/c1-6-37-24-14-13-23(20(3)29(24)35-36-37)28(31(4,5)34-30(39)26-15-16-32-42-26)21-12-11-19(2)22(17-21)18-33-43(40,41)27-10-8-7-9-25(27)38/h7-17,28,33,35-36,38H,6,18H2,1-5H3,(H,34,39)/p+1/t28-/m0/s1. The number of quaternary nitrogens is 1. The van der Waals surface area contributed by atoms with Crippen LogP contribution in [0.4, 0.5) is 11.4 Å². The van der Waals surface area contributed by atoms with Gasteiger partial charge in [-0.25, -0.2) is 22.9 Å². The Balaban J connectivity index is 1.55. The number of carbonyl (C=O) groups is 1. The van der Waals surface area contributed by atoms with Crippen LogP contribution < -0.4 is 26.0 Å². The predicted molar refractivity (Wildman–Crippen MR) is 168 cm³/mol. The molecule has 3 aromatic carbocycles. The van der Waals surface area contributed by atoms with Gasteiger partial charge >= 0.3 is 0 Å². The van der Waals surface area contributed by atoms with Crippen LogP contribution in [0.1, 0.15) is 64.2 Å². The van der Waals surface area contributed by atoms with Crippen molar-refractivity contribution in [2.24, 2.45) is 0 Å². The van der Waals surface area contributed by atoms with Gasteiger partial charge in [-0.1, -0.05) is 41.9 Å². The largest absolute Gasteiger partial charge is 0.507 e. The molecule has 10 nitrogen and oxygen atoms in total. The molecule has 0 radical (unpaired) electrons. The summed E-state index contributed by atoms with van der Waals surface area (Å²) in [5, 5.41) is 15.5. The lowest BCUT2D eigenvalue weighted by Crippen LogP contribution is -2.88. The van der Waals surface area contributed by atoms with E-state index in [2.05, 4.69) is 50.9 Å². The normalized spacial score (nSPS) is 14.0. The Kier molecular flexibility index (Phi) is 8.59. The lowest BCUT2D eigenvalue weighted by atomic mass is 9.74. The molecule has 4 aromatic rings. The second-order valence-electron chi connectivity index (χ2n) is 11.2. The van der Waals surface area contributed by atoms with Gasteiger partial charge in [0.25, 0.3) is 5.91 Å². The second kappa shape index (κ2) is 12.1. The Morgan fingerprint density at radius 2 is 1.91 bits per heavy atom. The number of aromatic nitrogens is 1. The second-order valence-corrected chi connectivity index (χ2v) is 13.8. The maximum absolute atomic E-state index is 13.3. The lowest BCUT2D eigenvalue weighted by Gasteiger charge is -2.37. The van der Waals surface area contributed by atoms with Crippen molar-refractivity contribution in [2.45, 2.75) is 57.5 Å². The number of rotatable bonds is 10. The van der Waals surface area contributed by atoms with Gasteiger partial charge in [-0.3, -0.25) is 9.80 Å². The van der Waals surface area contributed by atoms with Crippen LogP contribution in [-0.4, -0.2) is 35.9 Å². The zero-order valence-corrected chi connectivity index (χ0v) is 26.4. The van der Waals surface area contributed by atoms with E-state index in [1.165, 1.54) is 12.1 Å². The molecule has 6 N–H and O–H groups in total. The van der Waals surface area contributed by atoms with Gasteiger partial charge in [-0.2, -0.15) is 0 Å². The Morgan fingerprint density at radius 1 is 1.14 bits per heavy atom. The number of hydrogen-bond acceptors (Lipinski definition) is 8. The number of sulfonamides is 1. The van der Waals surface area contributed by atoms with E-state index in [1.807, 2.05) is 44.4 Å². The zero-order valence-electron chi connectivity index (χ0n) is 24.8. The minimum absolute atomic E-state index is 0.0308. The molecule has 0 fully saturated rings. The summed E-state index contributed by atoms with van der Waals surface area (Å²) in [7, 11) is -3.96. The molecule has 0 saturated carbocycles. The number of nitrogens with one attached hydrogen (secondary N) is 3. The molecule has 1 aliphatic heterocycles. The molecule has 1 amide bonds. The molecular weight excluding hydrogens is 585 g/mol. The number of amides is 1. The molecule has 1 aromatic heterocycles.